The minimum Gasteiger partial charge on any atom is -0.465 e. The predicted molar refractivity (Wildman–Crippen MR) is 106 cm³/mol. The first-order valence-corrected chi connectivity index (χ1v) is 8.60. The van der Waals surface area contributed by atoms with Crippen LogP contribution in [-0.2, 0) is 9.53 Å². The molecule has 0 aliphatic carbocycles. The van der Waals surface area contributed by atoms with Crippen LogP contribution in [-0.4, -0.2) is 24.0 Å². The molecular formula is C22H17FN2O4. The van der Waals surface area contributed by atoms with E-state index in [9.17, 15) is 14.0 Å². The summed E-state index contributed by atoms with van der Waals surface area (Å²) in [5.41, 5.74) is 1.39. The van der Waals surface area contributed by atoms with Crippen molar-refractivity contribution in [3.8, 4) is 11.5 Å². The van der Waals surface area contributed by atoms with Crippen LogP contribution < -0.4 is 10.1 Å². The van der Waals surface area contributed by atoms with Gasteiger partial charge in [0.15, 0.2) is 11.6 Å². The van der Waals surface area contributed by atoms with Gasteiger partial charge in [0.25, 0.3) is 0 Å². The lowest BCUT2D eigenvalue weighted by atomic mass is 10.2. The Balaban J connectivity index is 1.61. The summed E-state index contributed by atoms with van der Waals surface area (Å²) in [6, 6.07) is 14.0. The number of aromatic nitrogens is 1. The van der Waals surface area contributed by atoms with E-state index in [0.717, 1.165) is 0 Å². The molecule has 3 aromatic rings. The number of amides is 1. The summed E-state index contributed by atoms with van der Waals surface area (Å²) in [6.45, 7) is 0. The zero-order valence-electron chi connectivity index (χ0n) is 15.5. The van der Waals surface area contributed by atoms with Crippen molar-refractivity contribution in [1.29, 1.82) is 0 Å². The number of hydrogen-bond acceptors (Lipinski definition) is 5. The number of carbonyl (C=O) groups excluding carboxylic acids is 2. The number of nitrogens with zero attached hydrogens (tertiary/aromatic N) is 1. The highest BCUT2D eigenvalue weighted by molar-refractivity contribution is 6.02. The summed E-state index contributed by atoms with van der Waals surface area (Å²) < 4.78 is 24.3. The SMILES string of the molecule is COC(=O)c1ccc(NC(=O)/C=C/c2ccc(Oc3cccnc3)c(F)c2)cc1. The standard InChI is InChI=1S/C22H17FN2O4/c1-28-22(27)16-6-8-17(9-7-16)25-21(26)11-5-15-4-10-20(19(23)13-15)29-18-3-2-12-24-14-18/h2-14H,1H3,(H,25,26)/b11-5+. The Morgan fingerprint density at radius 2 is 1.90 bits per heavy atom. The predicted octanol–water partition coefficient (Wildman–Crippen LogP) is 4.45. The molecule has 0 atom stereocenters. The van der Waals surface area contributed by atoms with Gasteiger partial charge in [-0.05, 0) is 60.2 Å². The second-order valence-electron chi connectivity index (χ2n) is 5.87. The number of benzene rings is 2. The fourth-order valence-corrected chi connectivity index (χ4v) is 2.40. The number of ether oxygens (including phenoxy) is 2. The van der Waals surface area contributed by atoms with E-state index in [2.05, 4.69) is 15.0 Å². The van der Waals surface area contributed by atoms with Gasteiger partial charge in [-0.3, -0.25) is 9.78 Å². The van der Waals surface area contributed by atoms with Crippen molar-refractivity contribution in [2.24, 2.45) is 0 Å². The van der Waals surface area contributed by atoms with Crippen LogP contribution in [0.15, 0.2) is 73.1 Å². The molecule has 0 fully saturated rings. The van der Waals surface area contributed by atoms with Crippen molar-refractivity contribution in [1.82, 2.24) is 4.98 Å². The molecule has 0 saturated heterocycles. The smallest absolute Gasteiger partial charge is 0.337 e. The van der Waals surface area contributed by atoms with Crippen molar-refractivity contribution in [2.45, 2.75) is 0 Å². The molecule has 6 nitrogen and oxygen atoms in total. The van der Waals surface area contributed by atoms with Crippen molar-refractivity contribution in [3.63, 3.8) is 0 Å². The average Bonchev–Trinajstić information content (AvgIpc) is 2.75. The highest BCUT2D eigenvalue weighted by Gasteiger charge is 2.07. The van der Waals surface area contributed by atoms with Crippen LogP contribution in [0.2, 0.25) is 0 Å². The van der Waals surface area contributed by atoms with E-state index in [4.69, 9.17) is 4.74 Å². The third kappa shape index (κ3) is 5.49. The van der Waals surface area contributed by atoms with E-state index in [1.54, 1.807) is 48.7 Å². The molecule has 1 heterocycles. The van der Waals surface area contributed by atoms with E-state index in [0.29, 0.717) is 22.6 Å². The number of rotatable bonds is 6. The lowest BCUT2D eigenvalue weighted by Crippen LogP contribution is -2.08. The highest BCUT2D eigenvalue weighted by Crippen LogP contribution is 2.24. The lowest BCUT2D eigenvalue weighted by molar-refractivity contribution is -0.111. The summed E-state index contributed by atoms with van der Waals surface area (Å²) in [6.07, 6.45) is 5.84. The number of halogens is 1. The van der Waals surface area contributed by atoms with Gasteiger partial charge in [0, 0.05) is 18.0 Å². The number of nitrogens with one attached hydrogen (secondary N) is 1. The van der Waals surface area contributed by atoms with Crippen LogP contribution in [0, 0.1) is 5.82 Å². The van der Waals surface area contributed by atoms with Gasteiger partial charge in [-0.15, -0.1) is 0 Å². The topological polar surface area (TPSA) is 77.5 Å². The largest absolute Gasteiger partial charge is 0.465 e. The van der Waals surface area contributed by atoms with Crippen LogP contribution in [0.25, 0.3) is 6.08 Å². The first-order valence-electron chi connectivity index (χ1n) is 8.60. The molecule has 0 spiro atoms. The number of methoxy groups -OCH3 is 1. The van der Waals surface area contributed by atoms with E-state index in [1.165, 1.54) is 37.6 Å². The average molecular weight is 392 g/mol. The maximum Gasteiger partial charge on any atom is 0.337 e. The number of pyridine rings is 1. The van der Waals surface area contributed by atoms with Crippen LogP contribution in [0.5, 0.6) is 11.5 Å². The zero-order valence-corrected chi connectivity index (χ0v) is 15.5. The van der Waals surface area contributed by atoms with E-state index < -0.39 is 17.7 Å². The fraction of sp³-hybridized carbons (Fsp3) is 0.0455. The monoisotopic (exact) mass is 392 g/mol. The minimum atomic E-state index is -0.560. The molecular weight excluding hydrogens is 375 g/mol. The van der Waals surface area contributed by atoms with Crippen molar-refractivity contribution < 1.29 is 23.5 Å². The minimum absolute atomic E-state index is 0.0605. The second kappa shape index (κ2) is 9.27. The maximum atomic E-state index is 14.2. The summed E-state index contributed by atoms with van der Waals surface area (Å²) in [5.74, 6) is -0.930. The molecule has 2 aromatic carbocycles. The van der Waals surface area contributed by atoms with Crippen LogP contribution in [0.3, 0.4) is 0 Å². The van der Waals surface area contributed by atoms with Gasteiger partial charge in [-0.2, -0.15) is 0 Å². The molecule has 0 aliphatic rings. The van der Waals surface area contributed by atoms with Gasteiger partial charge in [0.1, 0.15) is 5.75 Å². The number of carbonyl (C=O) groups is 2. The Morgan fingerprint density at radius 1 is 1.10 bits per heavy atom. The molecule has 1 amide bonds. The molecule has 3 rings (SSSR count). The Bertz CT molecular complexity index is 1030. The molecule has 0 radical (unpaired) electrons. The molecule has 146 valence electrons. The normalized spacial score (nSPS) is 10.6. The first-order chi connectivity index (χ1) is 14.0. The lowest BCUT2D eigenvalue weighted by Gasteiger charge is -2.06. The molecule has 29 heavy (non-hydrogen) atoms. The van der Waals surface area contributed by atoms with Gasteiger partial charge < -0.3 is 14.8 Å². The number of hydrogen-bond donors (Lipinski definition) is 1. The molecule has 1 aromatic heterocycles. The van der Waals surface area contributed by atoms with Crippen LogP contribution in [0.1, 0.15) is 15.9 Å². The molecule has 0 bridgehead atoms. The Labute approximate surface area is 166 Å². The quantitative estimate of drug-likeness (QED) is 0.495. The summed E-state index contributed by atoms with van der Waals surface area (Å²) >= 11 is 0. The fourth-order valence-electron chi connectivity index (χ4n) is 2.40. The van der Waals surface area contributed by atoms with Crippen molar-refractivity contribution >= 4 is 23.6 Å². The highest BCUT2D eigenvalue weighted by atomic mass is 19.1. The van der Waals surface area contributed by atoms with Crippen molar-refractivity contribution in [2.75, 3.05) is 12.4 Å². The van der Waals surface area contributed by atoms with Gasteiger partial charge in [0.2, 0.25) is 5.91 Å². The molecule has 0 unspecified atom stereocenters. The zero-order chi connectivity index (χ0) is 20.6. The molecule has 7 heteroatoms. The molecule has 0 aliphatic heterocycles. The van der Waals surface area contributed by atoms with Gasteiger partial charge >= 0.3 is 5.97 Å². The molecule has 1 N–H and O–H groups in total. The van der Waals surface area contributed by atoms with E-state index in [1.807, 2.05) is 0 Å². The number of anilines is 1. The van der Waals surface area contributed by atoms with Crippen LogP contribution >= 0.6 is 0 Å². The molecule has 0 saturated carbocycles. The third-order valence-corrected chi connectivity index (χ3v) is 3.82. The van der Waals surface area contributed by atoms with E-state index in [-0.39, 0.29) is 5.75 Å². The second-order valence-corrected chi connectivity index (χ2v) is 5.87. The first kappa shape index (κ1) is 19.8. The van der Waals surface area contributed by atoms with Gasteiger partial charge in [-0.1, -0.05) is 6.07 Å². The van der Waals surface area contributed by atoms with E-state index >= 15 is 0 Å². The van der Waals surface area contributed by atoms with Gasteiger partial charge in [0.05, 0.1) is 18.9 Å². The van der Waals surface area contributed by atoms with Gasteiger partial charge in [-0.25, -0.2) is 9.18 Å². The Kier molecular flexibility index (Phi) is 6.32. The van der Waals surface area contributed by atoms with Crippen LogP contribution in [0.4, 0.5) is 10.1 Å². The summed E-state index contributed by atoms with van der Waals surface area (Å²) in [5, 5.41) is 2.65. The Morgan fingerprint density at radius 3 is 2.55 bits per heavy atom. The number of esters is 1. The van der Waals surface area contributed by atoms with Crippen molar-refractivity contribution in [3.05, 3.63) is 90.0 Å². The summed E-state index contributed by atoms with van der Waals surface area (Å²) in [4.78, 5) is 27.3. The summed E-state index contributed by atoms with van der Waals surface area (Å²) in [7, 11) is 1.29. The third-order valence-electron chi connectivity index (χ3n) is 3.82. The Hall–Kier alpha value is -4.00. The maximum absolute atomic E-state index is 14.2.